The van der Waals surface area contributed by atoms with Crippen molar-refractivity contribution in [3.63, 3.8) is 0 Å². The van der Waals surface area contributed by atoms with Gasteiger partial charge in [-0.2, -0.15) is 5.10 Å². The van der Waals surface area contributed by atoms with Gasteiger partial charge in [-0.15, -0.1) is 0 Å². The molecule has 126 valence electrons. The summed E-state index contributed by atoms with van der Waals surface area (Å²) < 4.78 is 5.76. The van der Waals surface area contributed by atoms with E-state index in [-0.39, 0.29) is 0 Å². The first-order chi connectivity index (χ1) is 12.2. The van der Waals surface area contributed by atoms with E-state index >= 15 is 0 Å². The first-order valence-electron chi connectivity index (χ1n) is 7.71. The van der Waals surface area contributed by atoms with Crippen LogP contribution < -0.4 is 10.2 Å². The van der Waals surface area contributed by atoms with Crippen LogP contribution in [-0.2, 0) is 6.61 Å². The van der Waals surface area contributed by atoms with E-state index < -0.39 is 0 Å². The lowest BCUT2D eigenvalue weighted by Gasteiger charge is -2.07. The Bertz CT molecular complexity index is 864. The second-order valence-corrected chi connectivity index (χ2v) is 6.24. The van der Waals surface area contributed by atoms with Crippen LogP contribution in [0.3, 0.4) is 0 Å². The summed E-state index contributed by atoms with van der Waals surface area (Å²) in [5.41, 5.74) is 5.77. The van der Waals surface area contributed by atoms with Gasteiger partial charge in [0.1, 0.15) is 12.4 Å². The van der Waals surface area contributed by atoms with Gasteiger partial charge in [0.2, 0.25) is 0 Å². The summed E-state index contributed by atoms with van der Waals surface area (Å²) in [5.74, 6) is 0.792. The summed E-state index contributed by atoms with van der Waals surface area (Å²) in [6.07, 6.45) is 1.74. The highest BCUT2D eigenvalue weighted by Gasteiger charge is 1.98. The quantitative estimate of drug-likeness (QED) is 0.425. The van der Waals surface area contributed by atoms with Crippen molar-refractivity contribution >= 4 is 35.1 Å². The number of nitrogens with zero attached hydrogens (tertiary/aromatic N) is 1. The summed E-state index contributed by atoms with van der Waals surface area (Å²) >= 11 is 11.9. The smallest absolute Gasteiger partial charge is 0.119 e. The maximum absolute atomic E-state index is 5.97. The summed E-state index contributed by atoms with van der Waals surface area (Å²) in [6.45, 7) is 0.477. The lowest BCUT2D eigenvalue weighted by molar-refractivity contribution is 0.306. The van der Waals surface area contributed by atoms with E-state index in [1.807, 2.05) is 72.8 Å². The molecule has 0 aromatic heterocycles. The highest BCUT2D eigenvalue weighted by Crippen LogP contribution is 2.17. The number of ether oxygens (including phenoxy) is 1. The Labute approximate surface area is 156 Å². The number of nitrogens with one attached hydrogen (secondary N) is 1. The van der Waals surface area contributed by atoms with E-state index in [4.69, 9.17) is 27.9 Å². The zero-order valence-electron chi connectivity index (χ0n) is 13.3. The maximum atomic E-state index is 5.97. The predicted octanol–water partition coefficient (Wildman–Crippen LogP) is 6.02. The van der Waals surface area contributed by atoms with Gasteiger partial charge in [-0.05, 0) is 65.7 Å². The second-order valence-electron chi connectivity index (χ2n) is 5.37. The first kappa shape index (κ1) is 17.3. The molecule has 0 aliphatic heterocycles. The molecule has 0 unspecified atom stereocenters. The largest absolute Gasteiger partial charge is 0.489 e. The minimum atomic E-state index is 0.477. The van der Waals surface area contributed by atoms with Crippen LogP contribution >= 0.6 is 23.2 Å². The molecule has 0 atom stereocenters. The van der Waals surface area contributed by atoms with Gasteiger partial charge in [-0.25, -0.2) is 0 Å². The van der Waals surface area contributed by atoms with E-state index in [0.717, 1.165) is 22.6 Å². The highest BCUT2D eigenvalue weighted by atomic mass is 35.5. The van der Waals surface area contributed by atoms with Crippen molar-refractivity contribution in [1.82, 2.24) is 0 Å². The first-order valence-corrected chi connectivity index (χ1v) is 8.46. The van der Waals surface area contributed by atoms with E-state index in [1.54, 1.807) is 6.21 Å². The summed E-state index contributed by atoms with van der Waals surface area (Å²) in [4.78, 5) is 0. The summed E-state index contributed by atoms with van der Waals surface area (Å²) in [7, 11) is 0. The van der Waals surface area contributed by atoms with Crippen molar-refractivity contribution in [3.8, 4) is 5.75 Å². The molecule has 3 rings (SSSR count). The van der Waals surface area contributed by atoms with Crippen LogP contribution in [0.4, 0.5) is 5.69 Å². The van der Waals surface area contributed by atoms with Crippen LogP contribution in [0.25, 0.3) is 0 Å². The molecule has 1 N–H and O–H groups in total. The average molecular weight is 371 g/mol. The number of anilines is 1. The maximum Gasteiger partial charge on any atom is 0.119 e. The number of hydrogen-bond donors (Lipinski definition) is 1. The Hall–Kier alpha value is -2.49. The van der Waals surface area contributed by atoms with Crippen LogP contribution in [0, 0.1) is 0 Å². The third kappa shape index (κ3) is 5.52. The fourth-order valence-corrected chi connectivity index (χ4v) is 2.59. The van der Waals surface area contributed by atoms with Crippen LogP contribution in [0.1, 0.15) is 11.1 Å². The molecule has 5 heteroatoms. The van der Waals surface area contributed by atoms with Crippen molar-refractivity contribution in [3.05, 3.63) is 94.0 Å². The molecule has 0 radical (unpaired) electrons. The van der Waals surface area contributed by atoms with E-state index in [2.05, 4.69) is 10.5 Å². The van der Waals surface area contributed by atoms with E-state index in [0.29, 0.717) is 16.7 Å². The second kappa shape index (κ2) is 8.56. The molecule has 3 aromatic carbocycles. The minimum Gasteiger partial charge on any atom is -0.489 e. The highest BCUT2D eigenvalue weighted by molar-refractivity contribution is 6.31. The molecule has 0 spiro atoms. The van der Waals surface area contributed by atoms with E-state index in [9.17, 15) is 0 Å². The average Bonchev–Trinajstić information content (AvgIpc) is 2.61. The zero-order valence-corrected chi connectivity index (χ0v) is 14.8. The minimum absolute atomic E-state index is 0.477. The summed E-state index contributed by atoms with van der Waals surface area (Å²) in [5, 5.41) is 5.57. The van der Waals surface area contributed by atoms with Gasteiger partial charge in [-0.3, -0.25) is 5.43 Å². The number of hydrazone groups is 1. The van der Waals surface area contributed by atoms with Crippen molar-refractivity contribution in [2.45, 2.75) is 6.61 Å². The zero-order chi connectivity index (χ0) is 17.5. The standard InChI is InChI=1S/C20H16Cl2N2O/c21-17-4-1-3-16(11-17)14-25-20-9-7-15(8-10-20)13-23-24-19-6-2-5-18(22)12-19/h1-13,24H,14H2. The molecule has 0 saturated carbocycles. The molecule has 3 aromatic rings. The third-order valence-corrected chi connectivity index (χ3v) is 3.88. The van der Waals surface area contributed by atoms with Crippen molar-refractivity contribution in [2.75, 3.05) is 5.43 Å². The molecule has 0 aliphatic carbocycles. The summed E-state index contributed by atoms with van der Waals surface area (Å²) in [6, 6.07) is 22.7. The van der Waals surface area contributed by atoms with Crippen LogP contribution in [0.5, 0.6) is 5.75 Å². The lowest BCUT2D eigenvalue weighted by atomic mass is 10.2. The molecule has 0 bridgehead atoms. The Kier molecular flexibility index (Phi) is 5.94. The van der Waals surface area contributed by atoms with Crippen molar-refractivity contribution in [2.24, 2.45) is 5.10 Å². The fourth-order valence-electron chi connectivity index (χ4n) is 2.18. The van der Waals surface area contributed by atoms with Crippen LogP contribution in [-0.4, -0.2) is 6.21 Å². The van der Waals surface area contributed by atoms with Crippen molar-refractivity contribution in [1.29, 1.82) is 0 Å². The molecule has 0 heterocycles. The van der Waals surface area contributed by atoms with Crippen LogP contribution in [0.2, 0.25) is 10.0 Å². The monoisotopic (exact) mass is 370 g/mol. The Morgan fingerprint density at radius 2 is 1.60 bits per heavy atom. The molecule has 0 saturated heterocycles. The number of benzene rings is 3. The third-order valence-electron chi connectivity index (χ3n) is 3.41. The topological polar surface area (TPSA) is 33.6 Å². The Morgan fingerprint density at radius 3 is 2.32 bits per heavy atom. The van der Waals surface area contributed by atoms with Crippen molar-refractivity contribution < 1.29 is 4.74 Å². The predicted molar refractivity (Wildman–Crippen MR) is 105 cm³/mol. The lowest BCUT2D eigenvalue weighted by Crippen LogP contribution is -1.95. The van der Waals surface area contributed by atoms with E-state index in [1.165, 1.54) is 0 Å². The number of halogens is 2. The van der Waals surface area contributed by atoms with Gasteiger partial charge in [0.15, 0.2) is 0 Å². The fraction of sp³-hybridized carbons (Fsp3) is 0.0500. The van der Waals surface area contributed by atoms with Gasteiger partial charge in [-0.1, -0.05) is 41.4 Å². The Balaban J connectivity index is 1.54. The van der Waals surface area contributed by atoms with Gasteiger partial charge >= 0.3 is 0 Å². The molecule has 0 fully saturated rings. The normalized spacial score (nSPS) is 10.8. The van der Waals surface area contributed by atoms with Crippen LogP contribution in [0.15, 0.2) is 77.9 Å². The SMILES string of the molecule is Clc1cccc(COc2ccc(C=NNc3cccc(Cl)c3)cc2)c1. The molecular weight excluding hydrogens is 355 g/mol. The number of hydrogen-bond acceptors (Lipinski definition) is 3. The van der Waals surface area contributed by atoms with Gasteiger partial charge in [0.05, 0.1) is 11.9 Å². The van der Waals surface area contributed by atoms with Gasteiger partial charge < -0.3 is 4.74 Å². The molecule has 25 heavy (non-hydrogen) atoms. The molecule has 0 aliphatic rings. The molecular formula is C20H16Cl2N2O. The Morgan fingerprint density at radius 1 is 0.880 bits per heavy atom. The molecule has 3 nitrogen and oxygen atoms in total. The van der Waals surface area contributed by atoms with Gasteiger partial charge in [0.25, 0.3) is 0 Å². The van der Waals surface area contributed by atoms with Gasteiger partial charge in [0, 0.05) is 10.0 Å². The number of rotatable bonds is 6. The molecule has 0 amide bonds.